The van der Waals surface area contributed by atoms with E-state index in [0.717, 1.165) is 0 Å². The van der Waals surface area contributed by atoms with E-state index in [1.54, 1.807) is 6.92 Å². The van der Waals surface area contributed by atoms with Crippen molar-refractivity contribution in [1.29, 1.82) is 0 Å². The Kier molecular flexibility index (Phi) is 5.86. The summed E-state index contributed by atoms with van der Waals surface area (Å²) in [7, 11) is -2.47. The number of carbonyl (C=O) groups excluding carboxylic acids is 2. The van der Waals surface area contributed by atoms with Gasteiger partial charge in [0.1, 0.15) is 0 Å². The van der Waals surface area contributed by atoms with Crippen LogP contribution in [0.2, 0.25) is 0 Å². The molecule has 0 fully saturated rings. The molecule has 1 atom stereocenters. The summed E-state index contributed by atoms with van der Waals surface area (Å²) in [5.41, 5.74) is 0.504. The molecule has 1 rings (SSSR count). The number of hydrogen-bond acceptors (Lipinski definition) is 5. The molecule has 0 aliphatic carbocycles. The zero-order valence-corrected chi connectivity index (χ0v) is 12.9. The molecule has 8 heteroatoms. The fraction of sp³-hybridized carbons (Fsp3) is 0.385. The summed E-state index contributed by atoms with van der Waals surface area (Å²) in [5.74, 6) is -1.31. The SMILES string of the molecule is COC(=O)[C@@H](C)CNS(=O)(=O)c1ccc(NC(C)=O)cc1. The molecule has 2 N–H and O–H groups in total. The zero-order valence-electron chi connectivity index (χ0n) is 12.0. The lowest BCUT2D eigenvalue weighted by atomic mass is 10.2. The Morgan fingerprint density at radius 3 is 2.29 bits per heavy atom. The minimum atomic E-state index is -3.71. The highest BCUT2D eigenvalue weighted by atomic mass is 32.2. The zero-order chi connectivity index (χ0) is 16.0. The summed E-state index contributed by atoms with van der Waals surface area (Å²) in [6.07, 6.45) is 0. The van der Waals surface area contributed by atoms with Crippen LogP contribution in [0.5, 0.6) is 0 Å². The van der Waals surface area contributed by atoms with Gasteiger partial charge in [-0.25, -0.2) is 13.1 Å². The van der Waals surface area contributed by atoms with Crippen LogP contribution in [-0.2, 0) is 24.3 Å². The minimum absolute atomic E-state index is 0.0497. The van der Waals surface area contributed by atoms with E-state index in [9.17, 15) is 18.0 Å². The molecule has 0 aliphatic heterocycles. The van der Waals surface area contributed by atoms with Crippen LogP contribution in [0, 0.1) is 5.92 Å². The number of esters is 1. The van der Waals surface area contributed by atoms with Gasteiger partial charge in [-0.05, 0) is 24.3 Å². The lowest BCUT2D eigenvalue weighted by Crippen LogP contribution is -2.32. The quantitative estimate of drug-likeness (QED) is 0.754. The van der Waals surface area contributed by atoms with E-state index in [1.165, 1.54) is 38.3 Å². The number of ether oxygens (including phenoxy) is 1. The molecule has 0 unspecified atom stereocenters. The highest BCUT2D eigenvalue weighted by Gasteiger charge is 2.19. The van der Waals surface area contributed by atoms with Gasteiger partial charge < -0.3 is 10.1 Å². The van der Waals surface area contributed by atoms with Gasteiger partial charge in [0.25, 0.3) is 0 Å². The number of methoxy groups -OCH3 is 1. The van der Waals surface area contributed by atoms with Crippen molar-refractivity contribution in [2.45, 2.75) is 18.7 Å². The van der Waals surface area contributed by atoms with Gasteiger partial charge in [-0.2, -0.15) is 0 Å². The van der Waals surface area contributed by atoms with Crippen molar-refractivity contribution in [3.63, 3.8) is 0 Å². The number of hydrogen-bond donors (Lipinski definition) is 2. The van der Waals surface area contributed by atoms with E-state index < -0.39 is 21.9 Å². The van der Waals surface area contributed by atoms with E-state index >= 15 is 0 Å². The third-order valence-corrected chi connectivity index (χ3v) is 4.11. The topological polar surface area (TPSA) is 102 Å². The summed E-state index contributed by atoms with van der Waals surface area (Å²) in [5, 5.41) is 2.54. The molecule has 0 saturated carbocycles. The highest BCUT2D eigenvalue weighted by molar-refractivity contribution is 7.89. The molecular formula is C13H18N2O5S. The molecule has 0 aliphatic rings. The maximum atomic E-state index is 12.0. The van der Waals surface area contributed by atoms with E-state index in [-0.39, 0.29) is 17.3 Å². The monoisotopic (exact) mass is 314 g/mol. The number of amides is 1. The number of carbonyl (C=O) groups is 2. The Balaban J connectivity index is 2.74. The fourth-order valence-corrected chi connectivity index (χ4v) is 2.65. The molecular weight excluding hydrogens is 296 g/mol. The molecule has 0 spiro atoms. The third kappa shape index (κ3) is 5.16. The maximum absolute atomic E-state index is 12.0. The standard InChI is InChI=1S/C13H18N2O5S/c1-9(13(17)20-3)8-14-21(18,19)12-6-4-11(5-7-12)15-10(2)16/h4-7,9,14H,8H2,1-3H3,(H,15,16)/t9-/m0/s1. The second-order valence-electron chi connectivity index (χ2n) is 4.48. The van der Waals surface area contributed by atoms with Crippen molar-refractivity contribution in [2.75, 3.05) is 19.0 Å². The molecule has 21 heavy (non-hydrogen) atoms. The van der Waals surface area contributed by atoms with Crippen molar-refractivity contribution in [1.82, 2.24) is 4.72 Å². The molecule has 116 valence electrons. The second-order valence-corrected chi connectivity index (χ2v) is 6.25. The van der Waals surface area contributed by atoms with Crippen molar-refractivity contribution in [3.8, 4) is 0 Å². The Bertz CT molecular complexity index is 610. The Morgan fingerprint density at radius 1 is 1.24 bits per heavy atom. The molecule has 0 saturated heterocycles. The first-order valence-electron chi connectivity index (χ1n) is 6.21. The number of rotatable bonds is 6. The molecule has 1 aromatic rings. The first-order valence-corrected chi connectivity index (χ1v) is 7.69. The van der Waals surface area contributed by atoms with Crippen LogP contribution < -0.4 is 10.0 Å². The van der Waals surface area contributed by atoms with E-state index in [1.807, 2.05) is 0 Å². The fourth-order valence-electron chi connectivity index (χ4n) is 1.52. The van der Waals surface area contributed by atoms with Crippen LogP contribution in [0.15, 0.2) is 29.2 Å². The summed E-state index contributed by atoms with van der Waals surface area (Å²) >= 11 is 0. The number of anilines is 1. The predicted molar refractivity (Wildman–Crippen MR) is 77.1 cm³/mol. The van der Waals surface area contributed by atoms with Gasteiger partial charge in [-0.15, -0.1) is 0 Å². The van der Waals surface area contributed by atoms with Gasteiger partial charge in [0.15, 0.2) is 0 Å². The van der Waals surface area contributed by atoms with Gasteiger partial charge in [-0.1, -0.05) is 6.92 Å². The molecule has 0 bridgehead atoms. The Morgan fingerprint density at radius 2 is 1.81 bits per heavy atom. The van der Waals surface area contributed by atoms with Gasteiger partial charge in [0.05, 0.1) is 17.9 Å². The van der Waals surface area contributed by atoms with E-state index in [4.69, 9.17) is 0 Å². The van der Waals surface area contributed by atoms with E-state index in [0.29, 0.717) is 5.69 Å². The van der Waals surface area contributed by atoms with Gasteiger partial charge in [-0.3, -0.25) is 9.59 Å². The van der Waals surface area contributed by atoms with Crippen molar-refractivity contribution in [2.24, 2.45) is 5.92 Å². The average Bonchev–Trinajstić information content (AvgIpc) is 2.44. The Labute approximate surface area is 123 Å². The third-order valence-electron chi connectivity index (χ3n) is 2.67. The first-order chi connectivity index (χ1) is 9.76. The van der Waals surface area contributed by atoms with Crippen LogP contribution in [0.1, 0.15) is 13.8 Å². The number of benzene rings is 1. The van der Waals surface area contributed by atoms with Crippen LogP contribution in [0.4, 0.5) is 5.69 Å². The van der Waals surface area contributed by atoms with Crippen LogP contribution in [0.25, 0.3) is 0 Å². The Hall–Kier alpha value is -1.93. The van der Waals surface area contributed by atoms with Gasteiger partial charge >= 0.3 is 5.97 Å². The van der Waals surface area contributed by atoms with Crippen LogP contribution in [-0.4, -0.2) is 33.9 Å². The van der Waals surface area contributed by atoms with Crippen LogP contribution >= 0.6 is 0 Å². The van der Waals surface area contributed by atoms with Gasteiger partial charge in [0.2, 0.25) is 15.9 Å². The van der Waals surface area contributed by atoms with E-state index in [2.05, 4.69) is 14.8 Å². The van der Waals surface area contributed by atoms with Crippen molar-refractivity contribution >= 4 is 27.6 Å². The molecule has 1 aromatic carbocycles. The minimum Gasteiger partial charge on any atom is -0.469 e. The molecule has 7 nitrogen and oxygen atoms in total. The molecule has 0 heterocycles. The molecule has 0 aromatic heterocycles. The summed E-state index contributed by atoms with van der Waals surface area (Å²) in [6.45, 7) is 2.87. The summed E-state index contributed by atoms with van der Waals surface area (Å²) in [4.78, 5) is 22.1. The summed E-state index contributed by atoms with van der Waals surface area (Å²) < 4.78 is 30.9. The highest BCUT2D eigenvalue weighted by Crippen LogP contribution is 2.14. The van der Waals surface area contributed by atoms with Crippen LogP contribution in [0.3, 0.4) is 0 Å². The summed E-state index contributed by atoms with van der Waals surface area (Å²) in [6, 6.07) is 5.71. The number of sulfonamides is 1. The lowest BCUT2D eigenvalue weighted by molar-refractivity contribution is -0.144. The van der Waals surface area contributed by atoms with Gasteiger partial charge in [0, 0.05) is 19.2 Å². The van der Waals surface area contributed by atoms with Crippen molar-refractivity contribution < 1.29 is 22.7 Å². The second kappa shape index (κ2) is 7.19. The normalized spacial score (nSPS) is 12.5. The maximum Gasteiger partial charge on any atom is 0.309 e. The lowest BCUT2D eigenvalue weighted by Gasteiger charge is -2.11. The smallest absolute Gasteiger partial charge is 0.309 e. The first kappa shape index (κ1) is 17.1. The number of nitrogens with one attached hydrogen (secondary N) is 2. The largest absolute Gasteiger partial charge is 0.469 e. The molecule has 1 amide bonds. The molecule has 0 radical (unpaired) electrons. The predicted octanol–water partition coefficient (Wildman–Crippen LogP) is 0.732. The average molecular weight is 314 g/mol. The van der Waals surface area contributed by atoms with Crippen molar-refractivity contribution in [3.05, 3.63) is 24.3 Å².